The maximum atomic E-state index is 12.1. The molecule has 3 aromatic rings. The first kappa shape index (κ1) is 17.5. The fraction of sp³-hybridized carbons (Fsp3) is 0.125. The molecule has 26 heavy (non-hydrogen) atoms. The largest absolute Gasteiger partial charge is 0.502 e. The van der Waals surface area contributed by atoms with Crippen molar-refractivity contribution in [1.29, 1.82) is 0 Å². The predicted octanol–water partition coefficient (Wildman–Crippen LogP) is 2.39. The Morgan fingerprint density at radius 2 is 2.15 bits per heavy atom. The summed E-state index contributed by atoms with van der Waals surface area (Å²) < 4.78 is 1.47. The fourth-order valence-corrected chi connectivity index (χ4v) is 2.56. The lowest BCUT2D eigenvalue weighted by molar-refractivity contribution is -0.385. The molecule has 132 valence electrons. The van der Waals surface area contributed by atoms with Crippen LogP contribution in [0.3, 0.4) is 0 Å². The molecule has 2 aromatic carbocycles. The number of phenols is 1. The van der Waals surface area contributed by atoms with Crippen LogP contribution >= 0.6 is 11.6 Å². The number of rotatable bonds is 6. The number of nitrogens with zero attached hydrogens (tertiary/aromatic N) is 5. The van der Waals surface area contributed by atoms with Crippen LogP contribution in [0.4, 0.5) is 5.69 Å². The number of ketones is 1. The molecule has 0 radical (unpaired) electrons. The Morgan fingerprint density at radius 1 is 1.38 bits per heavy atom. The van der Waals surface area contributed by atoms with Crippen molar-refractivity contribution in [3.8, 4) is 5.75 Å². The van der Waals surface area contributed by atoms with Crippen molar-refractivity contribution in [3.05, 3.63) is 57.1 Å². The Morgan fingerprint density at radius 3 is 2.92 bits per heavy atom. The standard InChI is InChI=1S/C16H12ClN5O4/c17-11-5-10(16(24)15(6-11)22(25)26)7-18-8-12(23)9-21-14-4-2-1-3-13(14)19-20-21/h1-7,24H,8-9H2. The number of para-hydroxylation sites is 1. The lowest BCUT2D eigenvalue weighted by Crippen LogP contribution is -2.14. The van der Waals surface area contributed by atoms with Gasteiger partial charge in [-0.05, 0) is 18.2 Å². The molecule has 0 spiro atoms. The number of aromatic nitrogens is 3. The zero-order valence-corrected chi connectivity index (χ0v) is 14.0. The van der Waals surface area contributed by atoms with Crippen LogP contribution in [0.25, 0.3) is 11.0 Å². The predicted molar refractivity (Wildman–Crippen MR) is 94.8 cm³/mol. The number of Topliss-reactive ketones (excluding diaryl/α,β-unsaturated/α-hetero) is 1. The van der Waals surface area contributed by atoms with Crippen LogP contribution < -0.4 is 0 Å². The molecule has 0 aliphatic carbocycles. The molecule has 1 aromatic heterocycles. The van der Waals surface area contributed by atoms with Gasteiger partial charge in [0.2, 0.25) is 5.75 Å². The summed E-state index contributed by atoms with van der Waals surface area (Å²) in [5, 5.41) is 28.7. The van der Waals surface area contributed by atoms with E-state index >= 15 is 0 Å². The van der Waals surface area contributed by atoms with Crippen LogP contribution in [0.2, 0.25) is 5.02 Å². The third-order valence-corrected chi connectivity index (χ3v) is 3.74. The minimum atomic E-state index is -0.750. The molecular formula is C16H12ClN5O4. The average molecular weight is 374 g/mol. The molecular weight excluding hydrogens is 362 g/mol. The number of nitro benzene ring substituents is 1. The van der Waals surface area contributed by atoms with Crippen molar-refractivity contribution in [1.82, 2.24) is 15.0 Å². The summed E-state index contributed by atoms with van der Waals surface area (Å²) in [7, 11) is 0. The number of carbonyl (C=O) groups is 1. The summed E-state index contributed by atoms with van der Waals surface area (Å²) in [6.07, 6.45) is 1.17. The molecule has 0 amide bonds. The summed E-state index contributed by atoms with van der Waals surface area (Å²) in [5.41, 5.74) is 0.940. The second-order valence-electron chi connectivity index (χ2n) is 5.36. The van der Waals surface area contributed by atoms with Gasteiger partial charge in [-0.2, -0.15) is 0 Å². The van der Waals surface area contributed by atoms with E-state index in [4.69, 9.17) is 11.6 Å². The van der Waals surface area contributed by atoms with Gasteiger partial charge in [0.15, 0.2) is 5.78 Å². The first-order valence-corrected chi connectivity index (χ1v) is 7.80. The van der Waals surface area contributed by atoms with E-state index in [1.165, 1.54) is 17.0 Å². The molecule has 0 aliphatic heterocycles. The van der Waals surface area contributed by atoms with E-state index in [2.05, 4.69) is 15.3 Å². The summed E-state index contributed by atoms with van der Waals surface area (Å²) in [6, 6.07) is 9.59. The molecule has 0 aliphatic rings. The summed E-state index contributed by atoms with van der Waals surface area (Å²) >= 11 is 5.80. The average Bonchev–Trinajstić information content (AvgIpc) is 3.00. The fourth-order valence-electron chi connectivity index (χ4n) is 2.34. The van der Waals surface area contributed by atoms with Crippen molar-refractivity contribution >= 4 is 40.3 Å². The summed E-state index contributed by atoms with van der Waals surface area (Å²) in [5.74, 6) is -0.800. The third kappa shape index (κ3) is 3.67. The van der Waals surface area contributed by atoms with Crippen molar-refractivity contribution < 1.29 is 14.8 Å². The zero-order valence-electron chi connectivity index (χ0n) is 13.2. The number of hydrogen-bond donors (Lipinski definition) is 1. The second-order valence-corrected chi connectivity index (χ2v) is 5.80. The molecule has 9 nitrogen and oxygen atoms in total. The number of nitro groups is 1. The molecule has 1 heterocycles. The molecule has 0 unspecified atom stereocenters. The Labute approximate surface area is 151 Å². The molecule has 0 bridgehead atoms. The Hall–Kier alpha value is -3.33. The highest BCUT2D eigenvalue weighted by molar-refractivity contribution is 6.31. The molecule has 0 atom stereocenters. The van der Waals surface area contributed by atoms with Crippen molar-refractivity contribution in [2.75, 3.05) is 6.54 Å². The highest BCUT2D eigenvalue weighted by Crippen LogP contribution is 2.32. The highest BCUT2D eigenvalue weighted by atomic mass is 35.5. The van der Waals surface area contributed by atoms with Crippen molar-refractivity contribution in [3.63, 3.8) is 0 Å². The van der Waals surface area contributed by atoms with Crippen LogP contribution in [-0.4, -0.2) is 43.6 Å². The highest BCUT2D eigenvalue weighted by Gasteiger charge is 2.17. The maximum absolute atomic E-state index is 12.1. The van der Waals surface area contributed by atoms with E-state index < -0.39 is 16.4 Å². The topological polar surface area (TPSA) is 124 Å². The second kappa shape index (κ2) is 7.28. The van der Waals surface area contributed by atoms with Crippen molar-refractivity contribution in [2.24, 2.45) is 4.99 Å². The number of aliphatic imine (C=N–C) groups is 1. The first-order valence-electron chi connectivity index (χ1n) is 7.42. The quantitative estimate of drug-likeness (QED) is 0.402. The van der Waals surface area contributed by atoms with E-state index in [0.717, 1.165) is 11.6 Å². The van der Waals surface area contributed by atoms with E-state index in [1.54, 1.807) is 12.1 Å². The van der Waals surface area contributed by atoms with E-state index in [-0.39, 0.29) is 29.5 Å². The summed E-state index contributed by atoms with van der Waals surface area (Å²) in [6.45, 7) is -0.201. The van der Waals surface area contributed by atoms with Crippen LogP contribution in [-0.2, 0) is 11.3 Å². The van der Waals surface area contributed by atoms with Crippen LogP contribution in [0.15, 0.2) is 41.4 Å². The molecule has 1 N–H and O–H groups in total. The van der Waals surface area contributed by atoms with Gasteiger partial charge in [0.25, 0.3) is 0 Å². The molecule has 0 saturated heterocycles. The Kier molecular flexibility index (Phi) is 4.90. The van der Waals surface area contributed by atoms with Gasteiger partial charge >= 0.3 is 5.69 Å². The number of aromatic hydroxyl groups is 1. The van der Waals surface area contributed by atoms with Gasteiger partial charge in [0.05, 0.1) is 17.0 Å². The van der Waals surface area contributed by atoms with E-state index in [0.29, 0.717) is 5.52 Å². The van der Waals surface area contributed by atoms with Gasteiger partial charge in [-0.25, -0.2) is 4.68 Å². The van der Waals surface area contributed by atoms with E-state index in [9.17, 15) is 20.0 Å². The monoisotopic (exact) mass is 373 g/mol. The molecule has 0 fully saturated rings. The van der Waals surface area contributed by atoms with Crippen LogP contribution in [0, 0.1) is 10.1 Å². The minimum absolute atomic E-state index is 0.0144. The van der Waals surface area contributed by atoms with Gasteiger partial charge in [-0.1, -0.05) is 28.9 Å². The van der Waals surface area contributed by atoms with Crippen molar-refractivity contribution in [2.45, 2.75) is 6.54 Å². The third-order valence-electron chi connectivity index (χ3n) is 3.53. The van der Waals surface area contributed by atoms with Gasteiger partial charge in [0, 0.05) is 22.9 Å². The maximum Gasteiger partial charge on any atom is 0.312 e. The van der Waals surface area contributed by atoms with Gasteiger partial charge < -0.3 is 5.11 Å². The van der Waals surface area contributed by atoms with Crippen LogP contribution in [0.5, 0.6) is 5.75 Å². The number of hydrogen-bond acceptors (Lipinski definition) is 7. The van der Waals surface area contributed by atoms with E-state index in [1.807, 2.05) is 12.1 Å². The summed E-state index contributed by atoms with van der Waals surface area (Å²) in [4.78, 5) is 26.1. The zero-order chi connectivity index (χ0) is 18.7. The normalized spacial score (nSPS) is 11.3. The number of phenolic OH excluding ortho intramolecular Hbond substituents is 1. The van der Waals surface area contributed by atoms with Gasteiger partial charge in [0.1, 0.15) is 12.1 Å². The molecule has 0 saturated carbocycles. The lowest BCUT2D eigenvalue weighted by Gasteiger charge is -2.02. The lowest BCUT2D eigenvalue weighted by atomic mass is 10.2. The smallest absolute Gasteiger partial charge is 0.312 e. The SMILES string of the molecule is O=C(CN=Cc1cc(Cl)cc([N+](=O)[O-])c1O)Cn1nnc2ccccc21. The van der Waals surface area contributed by atoms with Gasteiger partial charge in [-0.15, -0.1) is 5.10 Å². The number of carbonyl (C=O) groups excluding carboxylic acids is 1. The number of benzene rings is 2. The van der Waals surface area contributed by atoms with Gasteiger partial charge in [-0.3, -0.25) is 19.9 Å². The molecule has 3 rings (SSSR count). The first-order chi connectivity index (χ1) is 12.5. The Bertz CT molecular complexity index is 1030. The van der Waals surface area contributed by atoms with Crippen LogP contribution in [0.1, 0.15) is 5.56 Å². The number of fused-ring (bicyclic) bond motifs is 1. The Balaban J connectivity index is 1.71. The minimum Gasteiger partial charge on any atom is -0.502 e. The molecule has 10 heteroatoms. The number of halogens is 1.